The highest BCUT2D eigenvalue weighted by Gasteiger charge is 2.99. The van der Waals surface area contributed by atoms with Crippen LogP contribution in [0.5, 0.6) is 0 Å². The van der Waals surface area contributed by atoms with Gasteiger partial charge in [-0.1, -0.05) is 0 Å². The first-order valence-electron chi connectivity index (χ1n) is 10.6. The van der Waals surface area contributed by atoms with E-state index in [1.165, 1.54) is 0 Å². The molecule has 0 saturated carbocycles. The summed E-state index contributed by atoms with van der Waals surface area (Å²) in [5, 5.41) is -7.03. The van der Waals surface area contributed by atoms with Crippen LogP contribution in [0.1, 0.15) is 0 Å². The lowest BCUT2D eigenvalue weighted by molar-refractivity contribution is -0.481. The molecule has 0 aliphatic rings. The molecule has 0 fully saturated rings. The van der Waals surface area contributed by atoms with Crippen LogP contribution >= 0.6 is 0 Å². The molecule has 0 bridgehead atoms. The Labute approximate surface area is 260 Å². The van der Waals surface area contributed by atoms with Gasteiger partial charge in [0.2, 0.25) is 17.5 Å². The number of hydrogen-bond acceptors (Lipinski definition) is 2. The number of halogens is 31. The van der Waals surface area contributed by atoms with Crippen molar-refractivity contribution in [2.45, 2.75) is 76.6 Å². The molecule has 0 aliphatic carbocycles. The number of rotatable bonds is 14. The van der Waals surface area contributed by atoms with E-state index in [0.29, 0.717) is 0 Å². The highest BCUT2D eigenvalue weighted by Crippen LogP contribution is 2.68. The number of allylic oxidation sites excluding steroid dienone is 3. The molecular weight excluding hydrogens is 873 g/mol. The molecule has 3 nitrogen and oxygen atoms in total. The largest absolute Gasteiger partial charge is 0.460 e. The predicted octanol–water partition coefficient (Wildman–Crippen LogP) is 10.3. The first kappa shape index (κ1) is 49.2. The van der Waals surface area contributed by atoms with Crippen LogP contribution in [0.4, 0.5) is 136 Å². The van der Waals surface area contributed by atoms with Crippen LogP contribution in [0, 0.1) is 0 Å². The molecule has 0 heterocycles. The lowest BCUT2D eigenvalue weighted by atomic mass is 9.84. The maximum absolute atomic E-state index is 13.8. The third-order valence-electron chi connectivity index (χ3n) is 5.73. The normalized spacial score (nSPS) is 17.6. The molecule has 0 aromatic heterocycles. The molecule has 0 rings (SSSR count). The van der Waals surface area contributed by atoms with Gasteiger partial charge in [0.05, 0.1) is 0 Å². The first-order valence-corrected chi connectivity index (χ1v) is 12.0. The quantitative estimate of drug-likeness (QED) is 0.108. The number of hydrogen-bond donors (Lipinski definition) is 1. The van der Waals surface area contributed by atoms with E-state index in [1.54, 1.807) is 0 Å². The Morgan fingerprint density at radius 3 is 0.731 bits per heavy atom. The summed E-state index contributed by atoms with van der Waals surface area (Å²) >= 11 is 0. The average molecular weight is 874 g/mol. The topological polar surface area (TPSA) is 54.4 Å². The Morgan fingerprint density at radius 2 is 0.519 bits per heavy atom. The molecule has 0 radical (unpaired) electrons. The van der Waals surface area contributed by atoms with Gasteiger partial charge in [-0.2, -0.15) is 127 Å². The van der Waals surface area contributed by atoms with Crippen LogP contribution in [0.3, 0.4) is 0 Å². The average Bonchev–Trinajstić information content (AvgIpc) is 2.92. The van der Waals surface area contributed by atoms with E-state index in [-0.39, 0.29) is 0 Å². The Hall–Kier alpha value is -2.78. The van der Waals surface area contributed by atoms with Gasteiger partial charge in [-0.05, 0) is 0 Å². The molecule has 0 amide bonds. The molecule has 1 N–H and O–H groups in total. The predicted molar refractivity (Wildman–Crippen MR) is 95.5 cm³/mol. The van der Waals surface area contributed by atoms with Crippen molar-refractivity contribution in [2.24, 2.45) is 0 Å². The standard InChI is InChI=1S/C17HF31O3S/c18-1(2(19)4(21)6(24,25)52(49,50)51)3(20)5(22,23)7(26,27)8(28,29)9(30,31)10(32,33)11(34,35)12(36,37)13(38,39)14(40,41)15(42,43)16(44,45)17(46,47)48/h(H,49,50,51)/b3-1+,4-2+. The van der Waals surface area contributed by atoms with E-state index < -0.39 is 110 Å². The van der Waals surface area contributed by atoms with Crippen LogP contribution < -0.4 is 0 Å². The van der Waals surface area contributed by atoms with Gasteiger partial charge in [0, 0.05) is 0 Å². The van der Waals surface area contributed by atoms with Gasteiger partial charge in [0.15, 0.2) is 5.83 Å². The second kappa shape index (κ2) is 12.4. The Bertz CT molecular complexity index is 1540. The van der Waals surface area contributed by atoms with E-state index in [9.17, 15) is 145 Å². The Morgan fingerprint density at radius 1 is 0.327 bits per heavy atom. The summed E-state index contributed by atoms with van der Waals surface area (Å²) in [6.45, 7) is 0. The molecule has 0 atom stereocenters. The van der Waals surface area contributed by atoms with Crippen LogP contribution in [0.2, 0.25) is 0 Å². The lowest BCUT2D eigenvalue weighted by Gasteiger charge is -2.45. The summed E-state index contributed by atoms with van der Waals surface area (Å²) in [5.74, 6) is -127. The third-order valence-corrected chi connectivity index (χ3v) is 6.56. The van der Waals surface area contributed by atoms with Crippen molar-refractivity contribution < 1.29 is 149 Å². The second-order valence-electron chi connectivity index (χ2n) is 9.06. The maximum Gasteiger partial charge on any atom is 0.460 e. The van der Waals surface area contributed by atoms with Crippen LogP contribution in [-0.4, -0.2) is 89.5 Å². The van der Waals surface area contributed by atoms with Gasteiger partial charge in [-0.25, -0.2) is 17.6 Å². The Balaban J connectivity index is 7.71. The van der Waals surface area contributed by atoms with Gasteiger partial charge in [-0.15, -0.1) is 0 Å². The highest BCUT2D eigenvalue weighted by atomic mass is 32.2. The fourth-order valence-corrected chi connectivity index (χ4v) is 2.98. The monoisotopic (exact) mass is 874 g/mol. The zero-order valence-electron chi connectivity index (χ0n) is 21.9. The zero-order chi connectivity index (χ0) is 43.3. The summed E-state index contributed by atoms with van der Waals surface area (Å²) in [5.41, 5.74) is 0. The minimum atomic E-state index is -10.0. The van der Waals surface area contributed by atoms with Gasteiger partial charge in [0.25, 0.3) is 0 Å². The summed E-state index contributed by atoms with van der Waals surface area (Å²) in [7, 11) is -7.51. The first-order chi connectivity index (χ1) is 21.9. The van der Waals surface area contributed by atoms with E-state index in [0.717, 1.165) is 0 Å². The smallest absolute Gasteiger partial charge is 0.281 e. The maximum atomic E-state index is 13.8. The third kappa shape index (κ3) is 6.04. The highest BCUT2D eigenvalue weighted by molar-refractivity contribution is 7.87. The van der Waals surface area contributed by atoms with Crippen molar-refractivity contribution in [2.75, 3.05) is 0 Å². The molecule has 0 spiro atoms. The van der Waals surface area contributed by atoms with Gasteiger partial charge in [0.1, 0.15) is 0 Å². The molecule has 0 aliphatic heterocycles. The fraction of sp³-hybridized carbons (Fsp3) is 0.765. The molecule has 35 heteroatoms. The summed E-state index contributed by atoms with van der Waals surface area (Å²) in [6, 6.07) is 0. The molecule has 0 aromatic carbocycles. The molecule has 310 valence electrons. The summed E-state index contributed by atoms with van der Waals surface area (Å²) < 4.78 is 441. The minimum absolute atomic E-state index is 4.96. The minimum Gasteiger partial charge on any atom is -0.281 e. The van der Waals surface area contributed by atoms with E-state index in [1.807, 2.05) is 0 Å². The summed E-state index contributed by atoms with van der Waals surface area (Å²) in [4.78, 5) is 0. The van der Waals surface area contributed by atoms with E-state index >= 15 is 0 Å². The fourth-order valence-electron chi connectivity index (χ4n) is 2.66. The van der Waals surface area contributed by atoms with Gasteiger partial charge < -0.3 is 0 Å². The molecular formula is C17HF31O3S. The lowest BCUT2D eigenvalue weighted by Crippen LogP contribution is -2.78. The van der Waals surface area contributed by atoms with Crippen LogP contribution in [0.25, 0.3) is 0 Å². The summed E-state index contributed by atoms with van der Waals surface area (Å²) in [6.07, 6.45) is -8.35. The number of alkyl halides is 27. The Kier molecular flexibility index (Phi) is 11.7. The van der Waals surface area contributed by atoms with Crippen molar-refractivity contribution in [3.63, 3.8) is 0 Å². The van der Waals surface area contributed by atoms with Crippen molar-refractivity contribution in [1.82, 2.24) is 0 Å². The second-order valence-corrected chi connectivity index (χ2v) is 10.5. The van der Waals surface area contributed by atoms with Gasteiger partial charge >= 0.3 is 86.7 Å². The van der Waals surface area contributed by atoms with Crippen molar-refractivity contribution >= 4 is 10.1 Å². The molecule has 0 unspecified atom stereocenters. The SMILES string of the molecule is O=S(=O)(O)C(F)(F)/C(F)=C(F)/C(F)=C(\F)C(F)(F)C(F)(F)C(F)(F)C(F)(F)C(F)(F)C(F)(F)C(F)(F)C(F)(F)C(F)(F)C(F)(F)C(F)(F)C(F)(F)F. The molecule has 0 saturated heterocycles. The van der Waals surface area contributed by atoms with E-state index in [4.69, 9.17) is 4.55 Å². The molecule has 0 aromatic rings. The van der Waals surface area contributed by atoms with Crippen LogP contribution in [-0.2, 0) is 10.1 Å². The molecule has 52 heavy (non-hydrogen) atoms. The zero-order valence-corrected chi connectivity index (χ0v) is 22.7. The van der Waals surface area contributed by atoms with Crippen molar-refractivity contribution in [1.29, 1.82) is 0 Å². The van der Waals surface area contributed by atoms with E-state index in [2.05, 4.69) is 0 Å². The van der Waals surface area contributed by atoms with Crippen molar-refractivity contribution in [3.8, 4) is 0 Å². The van der Waals surface area contributed by atoms with Gasteiger partial charge in [-0.3, -0.25) is 4.55 Å². The van der Waals surface area contributed by atoms with Crippen molar-refractivity contribution in [3.05, 3.63) is 23.3 Å². The van der Waals surface area contributed by atoms with Crippen LogP contribution in [0.15, 0.2) is 23.3 Å².